The summed E-state index contributed by atoms with van der Waals surface area (Å²) < 4.78 is 10.3. The quantitative estimate of drug-likeness (QED) is 0.517. The molecular weight excluding hydrogens is 312 g/mol. The van der Waals surface area contributed by atoms with E-state index >= 15 is 0 Å². The maximum Gasteiger partial charge on any atom is 0.237 e. The van der Waals surface area contributed by atoms with Crippen LogP contribution in [-0.4, -0.2) is 67.2 Å². The molecule has 24 heavy (non-hydrogen) atoms. The van der Waals surface area contributed by atoms with Crippen molar-refractivity contribution in [3.63, 3.8) is 0 Å². The second-order valence-electron chi connectivity index (χ2n) is 6.25. The van der Waals surface area contributed by atoms with E-state index < -0.39 is 18.1 Å². The van der Waals surface area contributed by atoms with Crippen LogP contribution in [0, 0.1) is 11.8 Å². The van der Waals surface area contributed by atoms with Gasteiger partial charge in [0.25, 0.3) is 0 Å². The van der Waals surface area contributed by atoms with Gasteiger partial charge in [-0.05, 0) is 6.42 Å². The second kappa shape index (κ2) is 6.86. The Kier molecular flexibility index (Phi) is 4.82. The predicted octanol–water partition coefficient (Wildman–Crippen LogP) is 0.324. The van der Waals surface area contributed by atoms with Crippen molar-refractivity contribution in [2.45, 2.75) is 25.2 Å². The number of hydrogen-bond donors (Lipinski definition) is 0. The molecule has 2 aliphatic heterocycles. The monoisotopic (exact) mass is 334 g/mol. The summed E-state index contributed by atoms with van der Waals surface area (Å²) in [7, 11) is 3.03. The SMILES string of the molecule is COC(CN1C(=O)CC[C@H]1CN1C(=O)C2C=CC=CC2C1=O)OC. The number of methoxy groups -OCH3 is 2. The van der Waals surface area contributed by atoms with Crippen LogP contribution in [0.25, 0.3) is 0 Å². The maximum atomic E-state index is 12.5. The van der Waals surface area contributed by atoms with Crippen LogP contribution in [0.15, 0.2) is 24.3 Å². The van der Waals surface area contributed by atoms with Gasteiger partial charge >= 0.3 is 0 Å². The molecule has 0 spiro atoms. The van der Waals surface area contributed by atoms with E-state index in [-0.39, 0.29) is 30.3 Å². The number of allylic oxidation sites excluding steroid dienone is 2. The Morgan fingerprint density at radius 1 is 1.08 bits per heavy atom. The van der Waals surface area contributed by atoms with E-state index in [9.17, 15) is 14.4 Å². The average molecular weight is 334 g/mol. The topological polar surface area (TPSA) is 76.2 Å². The molecule has 3 amide bonds. The van der Waals surface area contributed by atoms with E-state index in [1.807, 2.05) is 0 Å². The summed E-state index contributed by atoms with van der Waals surface area (Å²) >= 11 is 0. The van der Waals surface area contributed by atoms with Gasteiger partial charge in [-0.1, -0.05) is 24.3 Å². The Bertz CT molecular complexity index is 566. The average Bonchev–Trinajstić information content (AvgIpc) is 3.06. The fraction of sp³-hybridized carbons (Fsp3) is 0.588. The van der Waals surface area contributed by atoms with E-state index in [1.165, 1.54) is 19.1 Å². The number of rotatable bonds is 6. The molecule has 0 radical (unpaired) electrons. The first-order valence-corrected chi connectivity index (χ1v) is 8.12. The summed E-state index contributed by atoms with van der Waals surface area (Å²) in [6, 6.07) is -0.189. The maximum absolute atomic E-state index is 12.5. The van der Waals surface area contributed by atoms with Gasteiger partial charge in [0.15, 0.2) is 6.29 Å². The van der Waals surface area contributed by atoms with Crippen LogP contribution >= 0.6 is 0 Å². The summed E-state index contributed by atoms with van der Waals surface area (Å²) in [5.74, 6) is -1.17. The fourth-order valence-corrected chi connectivity index (χ4v) is 3.58. The van der Waals surface area contributed by atoms with Crippen molar-refractivity contribution < 1.29 is 23.9 Å². The number of likely N-dealkylation sites (tertiary alicyclic amines) is 2. The zero-order valence-electron chi connectivity index (χ0n) is 13.9. The lowest BCUT2D eigenvalue weighted by Crippen LogP contribution is -2.47. The van der Waals surface area contributed by atoms with Crippen molar-refractivity contribution in [3.8, 4) is 0 Å². The van der Waals surface area contributed by atoms with Gasteiger partial charge in [-0.15, -0.1) is 0 Å². The van der Waals surface area contributed by atoms with Crippen LogP contribution in [0.5, 0.6) is 0 Å². The number of hydrogen-bond acceptors (Lipinski definition) is 5. The molecule has 0 N–H and O–H groups in total. The van der Waals surface area contributed by atoms with Crippen molar-refractivity contribution in [2.24, 2.45) is 11.8 Å². The van der Waals surface area contributed by atoms with Gasteiger partial charge in [-0.3, -0.25) is 19.3 Å². The third-order valence-electron chi connectivity index (χ3n) is 4.95. The van der Waals surface area contributed by atoms with Crippen molar-refractivity contribution in [2.75, 3.05) is 27.3 Å². The fourth-order valence-electron chi connectivity index (χ4n) is 3.58. The molecule has 2 heterocycles. The van der Waals surface area contributed by atoms with Gasteiger partial charge in [-0.25, -0.2) is 0 Å². The molecule has 7 heteroatoms. The Morgan fingerprint density at radius 2 is 1.67 bits per heavy atom. The molecule has 0 aromatic heterocycles. The highest BCUT2D eigenvalue weighted by Crippen LogP contribution is 2.32. The molecule has 3 atom stereocenters. The summed E-state index contributed by atoms with van der Waals surface area (Å²) in [4.78, 5) is 40.2. The zero-order chi connectivity index (χ0) is 17.3. The van der Waals surface area contributed by atoms with Gasteiger partial charge in [0.05, 0.1) is 24.4 Å². The van der Waals surface area contributed by atoms with Crippen LogP contribution in [0.2, 0.25) is 0 Å². The van der Waals surface area contributed by atoms with Crippen molar-refractivity contribution in [1.29, 1.82) is 0 Å². The van der Waals surface area contributed by atoms with Crippen LogP contribution in [0.3, 0.4) is 0 Å². The Morgan fingerprint density at radius 3 is 2.21 bits per heavy atom. The number of amides is 3. The highest BCUT2D eigenvalue weighted by molar-refractivity contribution is 6.07. The van der Waals surface area contributed by atoms with E-state index in [0.717, 1.165) is 0 Å². The summed E-state index contributed by atoms with van der Waals surface area (Å²) in [6.07, 6.45) is 7.65. The summed E-state index contributed by atoms with van der Waals surface area (Å²) in [5, 5.41) is 0. The first kappa shape index (κ1) is 16.9. The molecule has 130 valence electrons. The second-order valence-corrected chi connectivity index (χ2v) is 6.25. The minimum atomic E-state index is -0.520. The summed E-state index contributed by atoms with van der Waals surface area (Å²) in [6.45, 7) is 0.525. The number of carbonyl (C=O) groups excluding carboxylic acids is 3. The Balaban J connectivity index is 1.71. The number of imide groups is 1. The van der Waals surface area contributed by atoms with Crippen molar-refractivity contribution in [3.05, 3.63) is 24.3 Å². The molecule has 3 rings (SSSR count). The first-order chi connectivity index (χ1) is 11.6. The molecule has 0 bridgehead atoms. The van der Waals surface area contributed by atoms with E-state index in [4.69, 9.17) is 9.47 Å². The molecule has 0 aromatic rings. The van der Waals surface area contributed by atoms with Crippen LogP contribution < -0.4 is 0 Å². The minimum absolute atomic E-state index is 0.00426. The van der Waals surface area contributed by atoms with E-state index in [0.29, 0.717) is 19.4 Å². The van der Waals surface area contributed by atoms with Gasteiger partial charge in [0, 0.05) is 27.2 Å². The third-order valence-corrected chi connectivity index (χ3v) is 4.95. The molecule has 2 unspecified atom stereocenters. The Labute approximate surface area is 140 Å². The number of ether oxygens (including phenoxy) is 2. The highest BCUT2D eigenvalue weighted by atomic mass is 16.7. The van der Waals surface area contributed by atoms with Gasteiger partial charge in [-0.2, -0.15) is 0 Å². The summed E-state index contributed by atoms with van der Waals surface area (Å²) in [5.41, 5.74) is 0. The predicted molar refractivity (Wildman–Crippen MR) is 84.5 cm³/mol. The number of fused-ring (bicyclic) bond motifs is 1. The van der Waals surface area contributed by atoms with Crippen molar-refractivity contribution >= 4 is 17.7 Å². The lowest BCUT2D eigenvalue weighted by atomic mass is 9.91. The van der Waals surface area contributed by atoms with E-state index in [2.05, 4.69) is 0 Å². The van der Waals surface area contributed by atoms with Gasteiger partial charge in [0.1, 0.15) is 0 Å². The van der Waals surface area contributed by atoms with Crippen molar-refractivity contribution in [1.82, 2.24) is 9.80 Å². The lowest BCUT2D eigenvalue weighted by molar-refractivity contribution is -0.148. The molecule has 0 saturated carbocycles. The molecule has 3 aliphatic rings. The molecule has 7 nitrogen and oxygen atoms in total. The normalized spacial score (nSPS) is 29.3. The largest absolute Gasteiger partial charge is 0.354 e. The molecule has 2 saturated heterocycles. The highest BCUT2D eigenvalue weighted by Gasteiger charge is 2.47. The van der Waals surface area contributed by atoms with Crippen LogP contribution in [-0.2, 0) is 23.9 Å². The van der Waals surface area contributed by atoms with Gasteiger partial charge in [0.2, 0.25) is 17.7 Å². The molecule has 2 fully saturated rings. The minimum Gasteiger partial charge on any atom is -0.354 e. The smallest absolute Gasteiger partial charge is 0.237 e. The first-order valence-electron chi connectivity index (χ1n) is 8.12. The third kappa shape index (κ3) is 2.89. The lowest BCUT2D eigenvalue weighted by Gasteiger charge is -2.30. The van der Waals surface area contributed by atoms with Gasteiger partial charge < -0.3 is 14.4 Å². The molecule has 1 aliphatic carbocycles. The molecular formula is C17H22N2O5. The van der Waals surface area contributed by atoms with Crippen LogP contribution in [0.1, 0.15) is 12.8 Å². The van der Waals surface area contributed by atoms with Crippen LogP contribution in [0.4, 0.5) is 0 Å². The Hall–Kier alpha value is -1.99. The van der Waals surface area contributed by atoms with E-state index in [1.54, 1.807) is 29.2 Å². The number of nitrogens with zero attached hydrogens (tertiary/aromatic N) is 2. The standard InChI is InChI=1S/C17H22N2O5/c1-23-15(24-2)10-18-11(7-8-14(18)20)9-19-16(21)12-5-3-4-6-13(12)17(19)22/h3-6,11-13,15H,7-10H2,1-2H3/t11-,12?,13?/m0/s1. The number of carbonyl (C=O) groups is 3. The molecule has 0 aromatic carbocycles. The zero-order valence-corrected chi connectivity index (χ0v) is 13.9.